The summed E-state index contributed by atoms with van der Waals surface area (Å²) in [7, 11) is 1.63. The van der Waals surface area contributed by atoms with E-state index < -0.39 is 0 Å². The van der Waals surface area contributed by atoms with Crippen LogP contribution in [0.5, 0.6) is 0 Å². The molecule has 25 heavy (non-hydrogen) atoms. The number of urea groups is 1. The van der Waals surface area contributed by atoms with Crippen molar-refractivity contribution in [2.45, 2.75) is 19.5 Å². The van der Waals surface area contributed by atoms with Crippen LogP contribution in [0.15, 0.2) is 23.8 Å². The van der Waals surface area contributed by atoms with Gasteiger partial charge < -0.3 is 14.6 Å². The molecule has 1 atom stereocenters. The Morgan fingerprint density at radius 1 is 1.40 bits per heavy atom. The van der Waals surface area contributed by atoms with Crippen molar-refractivity contribution in [2.24, 2.45) is 0 Å². The van der Waals surface area contributed by atoms with E-state index in [2.05, 4.69) is 31.0 Å². The number of anilines is 1. The molecule has 2 amide bonds. The van der Waals surface area contributed by atoms with E-state index in [1.165, 1.54) is 11.3 Å². The predicted molar refractivity (Wildman–Crippen MR) is 95.7 cm³/mol. The van der Waals surface area contributed by atoms with Crippen molar-refractivity contribution in [3.05, 3.63) is 29.7 Å². The molecule has 1 unspecified atom stereocenters. The average Bonchev–Trinajstić information content (AvgIpc) is 3.33. The second-order valence-electron chi connectivity index (χ2n) is 5.09. The van der Waals surface area contributed by atoms with Gasteiger partial charge in [0.25, 0.3) is 0 Å². The summed E-state index contributed by atoms with van der Waals surface area (Å²) in [6.45, 7) is 3.00. The molecule has 0 fully saturated rings. The molecule has 0 aliphatic carbocycles. The third-order valence-electron chi connectivity index (χ3n) is 3.29. The second-order valence-corrected chi connectivity index (χ2v) is 7.01. The van der Waals surface area contributed by atoms with Crippen LogP contribution in [0.1, 0.15) is 18.8 Å². The average molecular weight is 379 g/mol. The van der Waals surface area contributed by atoms with Gasteiger partial charge in [-0.15, -0.1) is 31.7 Å². The second kappa shape index (κ2) is 8.14. The highest BCUT2D eigenvalue weighted by atomic mass is 32.1. The van der Waals surface area contributed by atoms with Crippen LogP contribution in [0, 0.1) is 0 Å². The zero-order valence-corrected chi connectivity index (χ0v) is 15.3. The summed E-state index contributed by atoms with van der Waals surface area (Å²) in [4.78, 5) is 13.2. The Hall–Kier alpha value is -2.37. The van der Waals surface area contributed by atoms with Crippen LogP contribution in [0.25, 0.3) is 9.88 Å². The first-order chi connectivity index (χ1) is 12.2. The molecule has 9 nitrogen and oxygen atoms in total. The zero-order chi connectivity index (χ0) is 17.6. The molecule has 0 aromatic carbocycles. The number of methoxy groups -OCH3 is 1. The quantitative estimate of drug-likeness (QED) is 0.653. The lowest BCUT2D eigenvalue weighted by Crippen LogP contribution is -2.32. The summed E-state index contributed by atoms with van der Waals surface area (Å²) in [6.07, 6.45) is 1.61. The molecule has 2 N–H and O–H groups in total. The maximum atomic E-state index is 12.2. The number of amides is 2. The maximum Gasteiger partial charge on any atom is 0.321 e. The number of hydrogen-bond acceptors (Lipinski definition) is 8. The van der Waals surface area contributed by atoms with Crippen molar-refractivity contribution in [3.63, 3.8) is 0 Å². The van der Waals surface area contributed by atoms with Gasteiger partial charge in [-0.2, -0.15) is 0 Å². The van der Waals surface area contributed by atoms with Crippen molar-refractivity contribution in [1.29, 1.82) is 0 Å². The highest BCUT2D eigenvalue weighted by Crippen LogP contribution is 2.29. The third kappa shape index (κ3) is 4.38. The van der Waals surface area contributed by atoms with Crippen LogP contribution in [0.4, 0.5) is 9.93 Å². The molecular formula is C14H17N7O2S2. The number of hydrogen-bond donors (Lipinski definition) is 2. The van der Waals surface area contributed by atoms with Crippen LogP contribution in [-0.4, -0.2) is 44.7 Å². The van der Waals surface area contributed by atoms with E-state index in [1.54, 1.807) is 24.8 Å². The smallest absolute Gasteiger partial charge is 0.321 e. The fourth-order valence-electron chi connectivity index (χ4n) is 2.13. The number of nitrogens with zero attached hydrogens (tertiary/aromatic N) is 5. The van der Waals surface area contributed by atoms with Gasteiger partial charge >= 0.3 is 6.03 Å². The molecule has 0 spiro atoms. The van der Waals surface area contributed by atoms with Crippen molar-refractivity contribution < 1.29 is 9.53 Å². The van der Waals surface area contributed by atoms with Crippen LogP contribution in [-0.2, 0) is 11.3 Å². The molecule has 132 valence electrons. The van der Waals surface area contributed by atoms with Gasteiger partial charge in [-0.3, -0.25) is 5.32 Å². The van der Waals surface area contributed by atoms with Crippen molar-refractivity contribution in [2.75, 3.05) is 19.0 Å². The van der Waals surface area contributed by atoms with Gasteiger partial charge in [0.2, 0.25) is 5.13 Å². The summed E-state index contributed by atoms with van der Waals surface area (Å²) in [6, 6.07) is 3.22. The summed E-state index contributed by atoms with van der Waals surface area (Å²) >= 11 is 2.90. The van der Waals surface area contributed by atoms with E-state index in [0.717, 1.165) is 9.88 Å². The number of aromatic nitrogens is 5. The first-order valence-electron chi connectivity index (χ1n) is 7.49. The minimum atomic E-state index is -0.373. The topological polar surface area (TPSA) is 107 Å². The Kier molecular flexibility index (Phi) is 5.68. The number of ether oxygens (including phenoxy) is 1. The minimum absolute atomic E-state index is 0.316. The zero-order valence-electron chi connectivity index (χ0n) is 13.7. The summed E-state index contributed by atoms with van der Waals surface area (Å²) in [5, 5.41) is 24.7. The highest BCUT2D eigenvalue weighted by Gasteiger charge is 2.17. The molecule has 0 radical (unpaired) electrons. The van der Waals surface area contributed by atoms with Gasteiger partial charge in [-0.1, -0.05) is 17.4 Å². The third-order valence-corrected chi connectivity index (χ3v) is 5.17. The lowest BCUT2D eigenvalue weighted by atomic mass is 10.3. The van der Waals surface area contributed by atoms with E-state index >= 15 is 0 Å². The van der Waals surface area contributed by atoms with Crippen molar-refractivity contribution >= 4 is 33.8 Å². The molecule has 3 aromatic rings. The molecule has 11 heteroatoms. The Morgan fingerprint density at radius 2 is 2.28 bits per heavy atom. The minimum Gasteiger partial charge on any atom is -0.383 e. The Morgan fingerprint density at radius 3 is 3.04 bits per heavy atom. The van der Waals surface area contributed by atoms with E-state index in [1.807, 2.05) is 29.0 Å². The van der Waals surface area contributed by atoms with Gasteiger partial charge in [0, 0.05) is 13.7 Å². The molecule has 3 aromatic heterocycles. The molecular weight excluding hydrogens is 362 g/mol. The van der Waals surface area contributed by atoms with E-state index in [-0.39, 0.29) is 12.1 Å². The normalized spacial score (nSPS) is 12.1. The number of carbonyl (C=O) groups excluding carboxylic acids is 1. The van der Waals surface area contributed by atoms with Crippen molar-refractivity contribution in [1.82, 2.24) is 30.3 Å². The van der Waals surface area contributed by atoms with E-state index in [0.29, 0.717) is 24.1 Å². The number of carbonyl (C=O) groups is 1. The van der Waals surface area contributed by atoms with Crippen LogP contribution in [0.3, 0.4) is 0 Å². The van der Waals surface area contributed by atoms with E-state index in [4.69, 9.17) is 4.74 Å². The van der Waals surface area contributed by atoms with Crippen molar-refractivity contribution in [3.8, 4) is 9.88 Å². The summed E-state index contributed by atoms with van der Waals surface area (Å²) in [5.41, 5.74) is 0. The van der Waals surface area contributed by atoms with Crippen LogP contribution in [0.2, 0.25) is 0 Å². The Bertz CT molecular complexity index is 815. The van der Waals surface area contributed by atoms with E-state index in [9.17, 15) is 4.79 Å². The highest BCUT2D eigenvalue weighted by molar-refractivity contribution is 7.23. The Labute approximate surface area is 152 Å². The molecule has 0 saturated carbocycles. The fraction of sp³-hybridized carbons (Fsp3) is 0.357. The predicted octanol–water partition coefficient (Wildman–Crippen LogP) is 2.39. The molecule has 0 aliphatic rings. The maximum absolute atomic E-state index is 12.2. The number of nitrogens with one attached hydrogen (secondary N) is 2. The molecule has 0 aliphatic heterocycles. The fourth-order valence-corrected chi connectivity index (χ4v) is 3.66. The Balaban J connectivity index is 1.58. The van der Waals surface area contributed by atoms with Gasteiger partial charge in [-0.25, -0.2) is 4.79 Å². The van der Waals surface area contributed by atoms with Crippen LogP contribution >= 0.6 is 22.7 Å². The lowest BCUT2D eigenvalue weighted by molar-refractivity contribution is 0.185. The van der Waals surface area contributed by atoms with Gasteiger partial charge in [0.05, 0.1) is 17.5 Å². The molecule has 0 bridgehead atoms. The number of thiophene rings is 1. The lowest BCUT2D eigenvalue weighted by Gasteiger charge is -2.14. The standard InChI is InChI=1S/C14H17N7O2S2/c1-9(11-18-15-8-21(11)5-6-23-2)16-13(22)17-14-20-19-12(25-14)10-4-3-7-24-10/h3-4,7-9H,5-6H2,1-2H3,(H2,16,17,20,22). The monoisotopic (exact) mass is 379 g/mol. The first kappa shape index (κ1) is 17.5. The SMILES string of the molecule is COCCn1cnnc1C(C)NC(=O)Nc1nnc(-c2cccs2)s1. The number of rotatable bonds is 7. The molecule has 3 rings (SSSR count). The largest absolute Gasteiger partial charge is 0.383 e. The van der Waals surface area contributed by atoms with Gasteiger partial charge in [-0.05, 0) is 18.4 Å². The van der Waals surface area contributed by atoms with Gasteiger partial charge in [0.15, 0.2) is 10.8 Å². The molecule has 0 saturated heterocycles. The molecule has 3 heterocycles. The van der Waals surface area contributed by atoms with Gasteiger partial charge in [0.1, 0.15) is 6.33 Å². The first-order valence-corrected chi connectivity index (χ1v) is 9.18. The van der Waals surface area contributed by atoms with Crippen LogP contribution < -0.4 is 10.6 Å². The summed E-state index contributed by atoms with van der Waals surface area (Å²) in [5.74, 6) is 0.656. The summed E-state index contributed by atoms with van der Waals surface area (Å²) < 4.78 is 6.90.